The van der Waals surface area contributed by atoms with Crippen LogP contribution in [-0.4, -0.2) is 18.4 Å². The first-order chi connectivity index (χ1) is 10.2. The fourth-order valence-corrected chi connectivity index (χ4v) is 1.72. The zero-order chi connectivity index (χ0) is 15.1. The Hall–Kier alpha value is -2.63. The molecular weight excluding hydrogens is 275 g/mol. The van der Waals surface area contributed by atoms with Crippen molar-refractivity contribution in [1.29, 1.82) is 0 Å². The van der Waals surface area contributed by atoms with Crippen molar-refractivity contribution < 1.29 is 18.4 Å². The molecule has 1 aromatic heterocycles. The standard InChI is InChI=1S/C15H15FN2O3/c16-11-5-1-2-6-12(11)18-14(19)8-3-9-17-15(20)13-7-4-10-21-13/h1-2,4-7,10H,3,8-9H2,(H,17,20)(H,18,19). The Labute approximate surface area is 121 Å². The zero-order valence-corrected chi connectivity index (χ0v) is 11.3. The third kappa shape index (κ3) is 4.45. The molecule has 21 heavy (non-hydrogen) atoms. The normalized spacial score (nSPS) is 10.1. The fraction of sp³-hybridized carbons (Fsp3) is 0.200. The van der Waals surface area contributed by atoms with Gasteiger partial charge in [-0.05, 0) is 30.7 Å². The molecule has 0 saturated heterocycles. The number of halogens is 1. The Kier molecular flexibility index (Phi) is 5.09. The molecule has 0 fully saturated rings. The van der Waals surface area contributed by atoms with Crippen molar-refractivity contribution in [2.24, 2.45) is 0 Å². The van der Waals surface area contributed by atoms with Crippen LogP contribution in [0.2, 0.25) is 0 Å². The molecule has 0 unspecified atom stereocenters. The number of hydrogen-bond donors (Lipinski definition) is 2. The number of para-hydroxylation sites is 1. The molecule has 2 N–H and O–H groups in total. The molecule has 110 valence electrons. The lowest BCUT2D eigenvalue weighted by atomic mass is 10.2. The first-order valence-corrected chi connectivity index (χ1v) is 6.53. The van der Waals surface area contributed by atoms with Crippen LogP contribution < -0.4 is 10.6 Å². The summed E-state index contributed by atoms with van der Waals surface area (Å²) < 4.78 is 18.3. The van der Waals surface area contributed by atoms with E-state index in [9.17, 15) is 14.0 Å². The molecule has 0 aliphatic heterocycles. The maximum absolute atomic E-state index is 13.3. The molecule has 2 rings (SSSR count). The molecule has 5 nitrogen and oxygen atoms in total. The van der Waals surface area contributed by atoms with Gasteiger partial charge in [-0.1, -0.05) is 12.1 Å². The molecular formula is C15H15FN2O3. The van der Waals surface area contributed by atoms with Crippen molar-refractivity contribution in [2.75, 3.05) is 11.9 Å². The van der Waals surface area contributed by atoms with Gasteiger partial charge in [0.1, 0.15) is 5.82 Å². The molecule has 0 bridgehead atoms. The van der Waals surface area contributed by atoms with Gasteiger partial charge < -0.3 is 15.1 Å². The summed E-state index contributed by atoms with van der Waals surface area (Å²) in [6, 6.07) is 9.14. The summed E-state index contributed by atoms with van der Waals surface area (Å²) in [5.74, 6) is -0.871. The van der Waals surface area contributed by atoms with E-state index in [0.717, 1.165) is 0 Å². The largest absolute Gasteiger partial charge is 0.459 e. The third-order valence-corrected chi connectivity index (χ3v) is 2.76. The maximum atomic E-state index is 13.3. The van der Waals surface area contributed by atoms with Gasteiger partial charge in [0.15, 0.2) is 5.76 Å². The van der Waals surface area contributed by atoms with E-state index >= 15 is 0 Å². The van der Waals surface area contributed by atoms with Gasteiger partial charge in [0, 0.05) is 13.0 Å². The average Bonchev–Trinajstić information content (AvgIpc) is 3.00. The minimum Gasteiger partial charge on any atom is -0.459 e. The highest BCUT2D eigenvalue weighted by atomic mass is 19.1. The van der Waals surface area contributed by atoms with E-state index in [4.69, 9.17) is 4.42 Å². The number of rotatable bonds is 6. The lowest BCUT2D eigenvalue weighted by Gasteiger charge is -2.06. The first-order valence-electron chi connectivity index (χ1n) is 6.53. The number of furan rings is 1. The van der Waals surface area contributed by atoms with Gasteiger partial charge in [-0.15, -0.1) is 0 Å². The Morgan fingerprint density at radius 3 is 2.67 bits per heavy atom. The topological polar surface area (TPSA) is 71.3 Å². The van der Waals surface area contributed by atoms with Crippen LogP contribution in [0.1, 0.15) is 23.4 Å². The minimum absolute atomic E-state index is 0.155. The molecule has 0 aliphatic rings. The summed E-state index contributed by atoms with van der Waals surface area (Å²) in [7, 11) is 0. The molecule has 0 atom stereocenters. The fourth-order valence-electron chi connectivity index (χ4n) is 1.72. The summed E-state index contributed by atoms with van der Waals surface area (Å²) in [5.41, 5.74) is 0.155. The van der Waals surface area contributed by atoms with Crippen molar-refractivity contribution >= 4 is 17.5 Å². The number of amides is 2. The van der Waals surface area contributed by atoms with E-state index in [0.29, 0.717) is 13.0 Å². The molecule has 0 aliphatic carbocycles. The number of hydrogen-bond acceptors (Lipinski definition) is 3. The van der Waals surface area contributed by atoms with Gasteiger partial charge >= 0.3 is 0 Å². The Morgan fingerprint density at radius 1 is 1.14 bits per heavy atom. The number of anilines is 1. The molecule has 1 heterocycles. The number of carbonyl (C=O) groups is 2. The lowest BCUT2D eigenvalue weighted by Crippen LogP contribution is -2.25. The van der Waals surface area contributed by atoms with Crippen molar-refractivity contribution in [3.63, 3.8) is 0 Å². The summed E-state index contributed by atoms with van der Waals surface area (Å²) >= 11 is 0. The van der Waals surface area contributed by atoms with Crippen LogP contribution >= 0.6 is 0 Å². The zero-order valence-electron chi connectivity index (χ0n) is 11.3. The van der Waals surface area contributed by atoms with Crippen molar-refractivity contribution in [2.45, 2.75) is 12.8 Å². The molecule has 2 amide bonds. The molecule has 0 spiro atoms. The predicted octanol–water partition coefficient (Wildman–Crippen LogP) is 2.57. The van der Waals surface area contributed by atoms with E-state index in [1.54, 1.807) is 24.3 Å². The summed E-state index contributed by atoms with van der Waals surface area (Å²) in [4.78, 5) is 23.2. The molecule has 1 aromatic carbocycles. The van der Waals surface area contributed by atoms with Gasteiger partial charge in [-0.25, -0.2) is 4.39 Å². The molecule has 0 saturated carbocycles. The Morgan fingerprint density at radius 2 is 1.95 bits per heavy atom. The second-order valence-electron chi connectivity index (χ2n) is 4.36. The SMILES string of the molecule is O=C(CCCNC(=O)c1ccco1)Nc1ccccc1F. The number of nitrogens with one attached hydrogen (secondary N) is 2. The highest BCUT2D eigenvalue weighted by molar-refractivity contribution is 5.92. The third-order valence-electron chi connectivity index (χ3n) is 2.76. The van der Waals surface area contributed by atoms with E-state index in [-0.39, 0.29) is 29.7 Å². The van der Waals surface area contributed by atoms with Gasteiger partial charge in [-0.2, -0.15) is 0 Å². The van der Waals surface area contributed by atoms with E-state index in [1.807, 2.05) is 0 Å². The minimum atomic E-state index is -0.475. The van der Waals surface area contributed by atoms with Crippen LogP contribution in [0.25, 0.3) is 0 Å². The van der Waals surface area contributed by atoms with Crippen molar-refractivity contribution in [1.82, 2.24) is 5.32 Å². The smallest absolute Gasteiger partial charge is 0.286 e. The Bertz CT molecular complexity index is 611. The summed E-state index contributed by atoms with van der Waals surface area (Å²) in [5, 5.41) is 5.11. The van der Waals surface area contributed by atoms with Gasteiger partial charge in [0.05, 0.1) is 12.0 Å². The summed E-state index contributed by atoms with van der Waals surface area (Å²) in [6.45, 7) is 0.338. The van der Waals surface area contributed by atoms with E-state index in [2.05, 4.69) is 10.6 Å². The predicted molar refractivity (Wildman–Crippen MR) is 75.3 cm³/mol. The first kappa shape index (κ1) is 14.8. The maximum Gasteiger partial charge on any atom is 0.286 e. The Balaban J connectivity index is 1.68. The summed E-state index contributed by atoms with van der Waals surface area (Å²) in [6.07, 6.45) is 2.05. The van der Waals surface area contributed by atoms with E-state index < -0.39 is 5.82 Å². The van der Waals surface area contributed by atoms with E-state index in [1.165, 1.54) is 18.4 Å². The number of carbonyl (C=O) groups excluding carboxylic acids is 2. The van der Waals surface area contributed by atoms with Crippen LogP contribution in [0.15, 0.2) is 47.1 Å². The highest BCUT2D eigenvalue weighted by Gasteiger charge is 2.09. The van der Waals surface area contributed by atoms with Crippen LogP contribution in [0.3, 0.4) is 0 Å². The van der Waals surface area contributed by atoms with Crippen LogP contribution in [0.5, 0.6) is 0 Å². The molecule has 2 aromatic rings. The van der Waals surface area contributed by atoms with Gasteiger partial charge in [0.25, 0.3) is 5.91 Å². The van der Waals surface area contributed by atoms with Gasteiger partial charge in [0.2, 0.25) is 5.91 Å². The second kappa shape index (κ2) is 7.23. The number of benzene rings is 1. The lowest BCUT2D eigenvalue weighted by molar-refractivity contribution is -0.116. The van der Waals surface area contributed by atoms with Crippen LogP contribution in [-0.2, 0) is 4.79 Å². The monoisotopic (exact) mass is 290 g/mol. The molecule has 0 radical (unpaired) electrons. The molecule has 6 heteroatoms. The van der Waals surface area contributed by atoms with Gasteiger partial charge in [-0.3, -0.25) is 9.59 Å². The van der Waals surface area contributed by atoms with Crippen LogP contribution in [0.4, 0.5) is 10.1 Å². The van der Waals surface area contributed by atoms with Crippen molar-refractivity contribution in [3.8, 4) is 0 Å². The van der Waals surface area contributed by atoms with Crippen molar-refractivity contribution in [3.05, 3.63) is 54.2 Å². The quantitative estimate of drug-likeness (QED) is 0.803. The highest BCUT2D eigenvalue weighted by Crippen LogP contribution is 2.12. The average molecular weight is 290 g/mol. The second-order valence-corrected chi connectivity index (χ2v) is 4.36. The van der Waals surface area contributed by atoms with Crippen LogP contribution in [0, 0.1) is 5.82 Å².